The van der Waals surface area contributed by atoms with E-state index in [2.05, 4.69) is 74.9 Å². The lowest BCUT2D eigenvalue weighted by Gasteiger charge is -2.40. The predicted octanol–water partition coefficient (Wildman–Crippen LogP) is 4.51. The highest BCUT2D eigenvalue weighted by Crippen LogP contribution is 2.29. The number of amides is 1. The van der Waals surface area contributed by atoms with Gasteiger partial charge in [-0.05, 0) is 28.8 Å². The molecule has 0 radical (unpaired) electrons. The summed E-state index contributed by atoms with van der Waals surface area (Å²) in [7, 11) is 3.57. The monoisotopic (exact) mass is 527 g/mol. The molecule has 4 aromatic rings. The average Bonchev–Trinajstić information content (AvgIpc) is 3.43. The molecule has 1 amide bonds. The Kier molecular flexibility index (Phi) is 8.31. The first-order valence-corrected chi connectivity index (χ1v) is 13.7. The number of rotatable bonds is 9. The number of aromatic nitrogens is 2. The molecule has 8 heteroatoms. The Hall–Kier alpha value is -3.75. The highest BCUT2D eigenvalue weighted by Gasteiger charge is 2.28. The van der Waals surface area contributed by atoms with Crippen LogP contribution in [0.3, 0.4) is 0 Å². The van der Waals surface area contributed by atoms with E-state index in [0.29, 0.717) is 19.5 Å². The van der Waals surface area contributed by atoms with E-state index in [1.807, 2.05) is 41.1 Å². The molecule has 1 aliphatic rings. The van der Waals surface area contributed by atoms with Crippen molar-refractivity contribution >= 4 is 22.6 Å². The number of hydrogen-bond donors (Lipinski definition) is 0. The smallest absolute Gasteiger partial charge is 0.242 e. The van der Waals surface area contributed by atoms with Crippen LogP contribution in [0.4, 0.5) is 5.13 Å². The normalized spacial score (nSPS) is 14.0. The van der Waals surface area contributed by atoms with Crippen LogP contribution in [-0.2, 0) is 11.2 Å². The molecule has 0 N–H and O–H groups in total. The van der Waals surface area contributed by atoms with Gasteiger partial charge in [0.15, 0.2) is 0 Å². The van der Waals surface area contributed by atoms with Gasteiger partial charge in [0.1, 0.15) is 11.6 Å². The number of ether oxygens (including phenoxy) is 1. The van der Waals surface area contributed by atoms with Gasteiger partial charge in [-0.15, -0.1) is 0 Å². The number of piperazine rings is 1. The van der Waals surface area contributed by atoms with Crippen LogP contribution in [0.15, 0.2) is 84.9 Å². The van der Waals surface area contributed by atoms with Crippen molar-refractivity contribution in [2.75, 3.05) is 51.8 Å². The van der Waals surface area contributed by atoms with Gasteiger partial charge in [0.25, 0.3) is 0 Å². The van der Waals surface area contributed by atoms with Crippen molar-refractivity contribution in [1.82, 2.24) is 19.2 Å². The molecule has 1 aliphatic heterocycles. The minimum absolute atomic E-state index is 0.118. The van der Waals surface area contributed by atoms with Crippen LogP contribution in [0, 0.1) is 0 Å². The molecule has 0 unspecified atom stereocenters. The molecule has 196 valence electrons. The molecular weight excluding hydrogens is 494 g/mol. The van der Waals surface area contributed by atoms with Gasteiger partial charge in [0.05, 0.1) is 19.7 Å². The summed E-state index contributed by atoms with van der Waals surface area (Å²) in [5.74, 6) is 1.69. The maximum Gasteiger partial charge on any atom is 0.242 e. The van der Waals surface area contributed by atoms with Crippen molar-refractivity contribution < 1.29 is 9.53 Å². The third-order valence-corrected chi connectivity index (χ3v) is 7.78. The third-order valence-electron chi connectivity index (χ3n) is 6.92. The summed E-state index contributed by atoms with van der Waals surface area (Å²) in [5.41, 5.74) is 3.65. The molecule has 5 rings (SSSR count). The summed E-state index contributed by atoms with van der Waals surface area (Å²) >= 11 is 1.33. The predicted molar refractivity (Wildman–Crippen MR) is 152 cm³/mol. The van der Waals surface area contributed by atoms with Crippen LogP contribution in [-0.4, -0.2) is 71.9 Å². The van der Waals surface area contributed by atoms with Gasteiger partial charge in [-0.1, -0.05) is 72.8 Å². The lowest BCUT2D eigenvalue weighted by atomic mass is 9.96. The Bertz CT molecular complexity index is 1280. The quantitative estimate of drug-likeness (QED) is 0.319. The summed E-state index contributed by atoms with van der Waals surface area (Å²) in [5, 5.41) is 0.753. The SMILES string of the molecule is COc1cccc(Cc2nsc(N(C)CC(=O)N3CCN(C(c4ccccc4)c4ccccc4)CC3)n2)c1. The number of carbonyl (C=O) groups is 1. The second kappa shape index (κ2) is 12.2. The molecule has 7 nitrogen and oxygen atoms in total. The number of hydrogen-bond acceptors (Lipinski definition) is 7. The standard InChI is InChI=1S/C30H33N5O2S/c1-33(30-31-27(32-38-30)21-23-10-9-15-26(20-23)37-2)22-28(36)34-16-18-35(19-17-34)29(24-11-5-3-6-12-24)25-13-7-4-8-14-25/h3-15,20,29H,16-19,21-22H2,1-2H3. The summed E-state index contributed by atoms with van der Waals surface area (Å²) in [6.45, 7) is 3.36. The van der Waals surface area contributed by atoms with Gasteiger partial charge in [-0.2, -0.15) is 4.37 Å². The zero-order valence-electron chi connectivity index (χ0n) is 21.9. The molecule has 0 bridgehead atoms. The molecule has 1 fully saturated rings. The molecule has 0 saturated carbocycles. The average molecular weight is 528 g/mol. The Balaban J connectivity index is 1.18. The summed E-state index contributed by atoms with van der Waals surface area (Å²) < 4.78 is 9.82. The van der Waals surface area contributed by atoms with Crippen molar-refractivity contribution in [3.05, 3.63) is 107 Å². The fourth-order valence-corrected chi connectivity index (χ4v) is 5.56. The Morgan fingerprint density at radius 3 is 2.24 bits per heavy atom. The summed E-state index contributed by atoms with van der Waals surface area (Å²) in [4.78, 5) is 24.2. The van der Waals surface area contributed by atoms with E-state index in [0.717, 1.165) is 35.4 Å². The maximum absolute atomic E-state index is 13.2. The topological polar surface area (TPSA) is 61.8 Å². The van der Waals surface area contributed by atoms with Crippen molar-refractivity contribution in [3.8, 4) is 5.75 Å². The number of methoxy groups -OCH3 is 1. The second-order valence-corrected chi connectivity index (χ2v) is 10.2. The highest BCUT2D eigenvalue weighted by atomic mass is 32.1. The first-order valence-electron chi connectivity index (χ1n) is 12.9. The molecular formula is C30H33N5O2S. The minimum Gasteiger partial charge on any atom is -0.497 e. The minimum atomic E-state index is 0.118. The zero-order valence-corrected chi connectivity index (χ0v) is 22.7. The Morgan fingerprint density at radius 1 is 0.947 bits per heavy atom. The van der Waals surface area contributed by atoms with Crippen LogP contribution in [0.1, 0.15) is 28.6 Å². The molecule has 0 atom stereocenters. The third kappa shape index (κ3) is 6.20. The number of anilines is 1. The lowest BCUT2D eigenvalue weighted by Crippen LogP contribution is -2.51. The highest BCUT2D eigenvalue weighted by molar-refractivity contribution is 7.09. The van der Waals surface area contributed by atoms with Crippen molar-refractivity contribution in [2.45, 2.75) is 12.5 Å². The Morgan fingerprint density at radius 2 is 1.61 bits per heavy atom. The maximum atomic E-state index is 13.2. The number of carbonyl (C=O) groups excluding carboxylic acids is 1. The van der Waals surface area contributed by atoms with E-state index in [4.69, 9.17) is 4.74 Å². The van der Waals surface area contributed by atoms with Gasteiger partial charge in [-0.3, -0.25) is 9.69 Å². The van der Waals surface area contributed by atoms with Gasteiger partial charge >= 0.3 is 0 Å². The molecule has 2 heterocycles. The number of likely N-dealkylation sites (N-methyl/N-ethyl adjacent to an activating group) is 1. The number of nitrogens with zero attached hydrogens (tertiary/aromatic N) is 5. The van der Waals surface area contributed by atoms with E-state index in [1.54, 1.807) is 7.11 Å². The first kappa shape index (κ1) is 25.9. The van der Waals surface area contributed by atoms with E-state index in [9.17, 15) is 4.79 Å². The molecule has 1 aromatic heterocycles. The molecule has 38 heavy (non-hydrogen) atoms. The van der Waals surface area contributed by atoms with Crippen molar-refractivity contribution in [3.63, 3.8) is 0 Å². The first-order chi connectivity index (χ1) is 18.6. The van der Waals surface area contributed by atoms with Gasteiger partial charge in [0, 0.05) is 51.2 Å². The van der Waals surface area contributed by atoms with E-state index in [-0.39, 0.29) is 18.5 Å². The van der Waals surface area contributed by atoms with E-state index < -0.39 is 0 Å². The summed E-state index contributed by atoms with van der Waals surface area (Å²) in [6, 6.07) is 29.3. The molecule has 3 aromatic carbocycles. The molecule has 0 aliphatic carbocycles. The number of benzene rings is 3. The van der Waals surface area contributed by atoms with Crippen LogP contribution < -0.4 is 9.64 Å². The fourth-order valence-electron chi connectivity index (χ4n) is 4.92. The zero-order chi connectivity index (χ0) is 26.3. The molecule has 1 saturated heterocycles. The van der Waals surface area contributed by atoms with Gasteiger partial charge in [-0.25, -0.2) is 4.98 Å². The van der Waals surface area contributed by atoms with Crippen LogP contribution >= 0.6 is 11.5 Å². The van der Waals surface area contributed by atoms with Crippen molar-refractivity contribution in [1.29, 1.82) is 0 Å². The molecule has 0 spiro atoms. The van der Waals surface area contributed by atoms with Crippen LogP contribution in [0.5, 0.6) is 5.75 Å². The van der Waals surface area contributed by atoms with E-state index >= 15 is 0 Å². The van der Waals surface area contributed by atoms with Gasteiger partial charge < -0.3 is 14.5 Å². The lowest BCUT2D eigenvalue weighted by molar-refractivity contribution is -0.131. The van der Waals surface area contributed by atoms with Gasteiger partial charge in [0.2, 0.25) is 11.0 Å². The Labute approximate surface area is 228 Å². The largest absolute Gasteiger partial charge is 0.497 e. The fraction of sp³-hybridized carbons (Fsp3) is 0.300. The van der Waals surface area contributed by atoms with Crippen LogP contribution in [0.2, 0.25) is 0 Å². The van der Waals surface area contributed by atoms with Crippen LogP contribution in [0.25, 0.3) is 0 Å². The van der Waals surface area contributed by atoms with Crippen molar-refractivity contribution in [2.24, 2.45) is 0 Å². The summed E-state index contributed by atoms with van der Waals surface area (Å²) in [6.07, 6.45) is 0.626. The second-order valence-electron chi connectivity index (χ2n) is 9.52. The van der Waals surface area contributed by atoms with E-state index in [1.165, 1.54) is 22.7 Å².